The summed E-state index contributed by atoms with van der Waals surface area (Å²) in [5, 5.41) is 15.6. The zero-order valence-electron chi connectivity index (χ0n) is 21.1. The number of carboxylic acid groups (broad SMARTS) is 2. The number of likely N-dealkylation sites (tertiary alicyclic amines) is 1. The van der Waals surface area contributed by atoms with Crippen LogP contribution in [0.2, 0.25) is 0 Å². The number of piperidine rings is 1. The number of hydrogen-bond acceptors (Lipinski definition) is 5. The predicted octanol–water partition coefficient (Wildman–Crippen LogP) is 4.96. The van der Waals surface area contributed by atoms with Crippen molar-refractivity contribution in [1.82, 2.24) is 4.90 Å². The average Bonchev–Trinajstić information content (AvgIpc) is 3.28. The maximum atomic E-state index is 9.55. The summed E-state index contributed by atoms with van der Waals surface area (Å²) >= 11 is 0. The molecule has 7 heteroatoms. The minimum atomic E-state index is -1.26. The molecule has 1 aliphatic carbocycles. The first kappa shape index (κ1) is 27.2. The third kappa shape index (κ3) is 7.55. The van der Waals surface area contributed by atoms with Crippen molar-refractivity contribution in [3.05, 3.63) is 42.5 Å². The molecule has 1 saturated carbocycles. The number of para-hydroxylation sites is 1. The fraction of sp³-hybridized carbons (Fsp3) is 0.643. The lowest BCUT2D eigenvalue weighted by Gasteiger charge is -2.50. The number of aliphatic carboxylic acids is 2. The van der Waals surface area contributed by atoms with E-state index in [-0.39, 0.29) is 5.54 Å². The molecule has 35 heavy (non-hydrogen) atoms. The highest BCUT2D eigenvalue weighted by Crippen LogP contribution is 2.43. The monoisotopic (exact) mass is 486 g/mol. The molecule has 1 aromatic carbocycles. The van der Waals surface area contributed by atoms with Gasteiger partial charge in [-0.05, 0) is 44.2 Å². The third-order valence-corrected chi connectivity index (χ3v) is 7.98. The summed E-state index contributed by atoms with van der Waals surface area (Å²) in [6.07, 6.45) is 16.7. The van der Waals surface area contributed by atoms with E-state index in [0.29, 0.717) is 18.3 Å². The van der Waals surface area contributed by atoms with Crippen LogP contribution in [0.4, 0.5) is 5.69 Å². The van der Waals surface area contributed by atoms with Gasteiger partial charge in [0.25, 0.3) is 0 Å². The fourth-order valence-corrected chi connectivity index (χ4v) is 6.23. The first-order valence-corrected chi connectivity index (χ1v) is 13.2. The fourth-order valence-electron chi connectivity index (χ4n) is 6.23. The Morgan fingerprint density at radius 3 is 1.91 bits per heavy atom. The van der Waals surface area contributed by atoms with E-state index < -0.39 is 11.9 Å². The van der Waals surface area contributed by atoms with Crippen LogP contribution in [0.1, 0.15) is 70.6 Å². The van der Waals surface area contributed by atoms with Crippen molar-refractivity contribution in [3.8, 4) is 0 Å². The first-order valence-electron chi connectivity index (χ1n) is 13.2. The Balaban J connectivity index is 0.000000371. The van der Waals surface area contributed by atoms with E-state index >= 15 is 0 Å². The van der Waals surface area contributed by atoms with E-state index in [0.717, 1.165) is 19.0 Å². The van der Waals surface area contributed by atoms with Gasteiger partial charge < -0.3 is 24.7 Å². The second-order valence-electron chi connectivity index (χ2n) is 10.0. The Morgan fingerprint density at radius 1 is 0.857 bits per heavy atom. The van der Waals surface area contributed by atoms with E-state index in [1.165, 1.54) is 83.0 Å². The minimum absolute atomic E-state index is 0.200. The summed E-state index contributed by atoms with van der Waals surface area (Å²) in [5.74, 6) is -2.51. The summed E-state index contributed by atoms with van der Waals surface area (Å²) in [7, 11) is 1.92. The van der Waals surface area contributed by atoms with E-state index in [4.69, 9.17) is 14.9 Å². The second-order valence-corrected chi connectivity index (χ2v) is 10.0. The van der Waals surface area contributed by atoms with Gasteiger partial charge in [-0.3, -0.25) is 0 Å². The Kier molecular flexibility index (Phi) is 10.6. The maximum Gasteiger partial charge on any atom is 0.328 e. The molecule has 2 saturated heterocycles. The number of carboxylic acids is 2. The molecular formula is C28H42N2O5. The van der Waals surface area contributed by atoms with Gasteiger partial charge >= 0.3 is 11.9 Å². The highest BCUT2D eigenvalue weighted by molar-refractivity contribution is 5.89. The largest absolute Gasteiger partial charge is 0.478 e. The van der Waals surface area contributed by atoms with Crippen molar-refractivity contribution in [1.29, 1.82) is 0 Å². The summed E-state index contributed by atoms with van der Waals surface area (Å²) in [4.78, 5) is 24.6. The molecule has 2 heterocycles. The van der Waals surface area contributed by atoms with Crippen molar-refractivity contribution in [2.45, 2.75) is 88.3 Å². The molecule has 0 amide bonds. The zero-order chi connectivity index (χ0) is 25.1. The Bertz CT molecular complexity index is 794. The highest BCUT2D eigenvalue weighted by Gasteiger charge is 2.51. The molecule has 0 aromatic heterocycles. The number of nitrogens with zero attached hydrogens (tertiary/aromatic N) is 2. The van der Waals surface area contributed by atoms with Gasteiger partial charge in [0.15, 0.2) is 0 Å². The quantitative estimate of drug-likeness (QED) is 0.569. The summed E-state index contributed by atoms with van der Waals surface area (Å²) < 4.78 is 6.03. The molecule has 0 radical (unpaired) electrons. The van der Waals surface area contributed by atoms with Crippen molar-refractivity contribution >= 4 is 17.6 Å². The smallest absolute Gasteiger partial charge is 0.328 e. The summed E-state index contributed by atoms with van der Waals surface area (Å²) in [5.41, 5.74) is 1.58. The molecular weight excluding hydrogens is 444 g/mol. The molecule has 4 rings (SSSR count). The van der Waals surface area contributed by atoms with Crippen molar-refractivity contribution in [3.63, 3.8) is 0 Å². The number of benzene rings is 1. The summed E-state index contributed by atoms with van der Waals surface area (Å²) in [6, 6.07) is 11.9. The van der Waals surface area contributed by atoms with Crippen molar-refractivity contribution in [2.75, 3.05) is 31.6 Å². The van der Waals surface area contributed by atoms with Gasteiger partial charge in [0.05, 0.1) is 11.6 Å². The van der Waals surface area contributed by atoms with E-state index in [2.05, 4.69) is 40.1 Å². The van der Waals surface area contributed by atoms with Crippen molar-refractivity contribution in [2.24, 2.45) is 0 Å². The molecule has 1 aromatic rings. The lowest BCUT2D eigenvalue weighted by atomic mass is 9.81. The zero-order valence-corrected chi connectivity index (χ0v) is 21.1. The van der Waals surface area contributed by atoms with Gasteiger partial charge in [0.1, 0.15) is 0 Å². The minimum Gasteiger partial charge on any atom is -0.478 e. The Labute approximate surface area is 209 Å². The normalized spacial score (nSPS) is 23.8. The number of hydrogen-bond donors (Lipinski definition) is 2. The molecule has 0 bridgehead atoms. The first-order chi connectivity index (χ1) is 17.0. The molecule has 7 nitrogen and oxygen atoms in total. The molecule has 2 aliphatic heterocycles. The Morgan fingerprint density at radius 2 is 1.40 bits per heavy atom. The molecule has 1 atom stereocenters. The van der Waals surface area contributed by atoms with Gasteiger partial charge in [-0.15, -0.1) is 0 Å². The van der Waals surface area contributed by atoms with Gasteiger partial charge in [-0.25, -0.2) is 9.59 Å². The Hall–Kier alpha value is -2.38. The summed E-state index contributed by atoms with van der Waals surface area (Å²) in [6.45, 7) is 3.62. The molecule has 2 N–H and O–H groups in total. The highest BCUT2D eigenvalue weighted by atomic mass is 16.5. The number of anilines is 1. The number of ether oxygens (including phenoxy) is 1. The molecule has 3 aliphatic rings. The van der Waals surface area contributed by atoms with E-state index in [1.54, 1.807) is 0 Å². The second kappa shape index (κ2) is 13.6. The number of carbonyl (C=O) groups is 2. The molecule has 1 unspecified atom stereocenters. The third-order valence-electron chi connectivity index (χ3n) is 7.98. The van der Waals surface area contributed by atoms with Gasteiger partial charge in [-0.1, -0.05) is 56.7 Å². The van der Waals surface area contributed by atoms with Crippen LogP contribution in [-0.4, -0.2) is 71.5 Å². The average molecular weight is 487 g/mol. The SMILES string of the molecule is COC1CCN(c2ccccc2)C12CCN(C1CCCCCCCC1)CC2.O=C(O)/C=C/C(=O)O. The van der Waals surface area contributed by atoms with Crippen LogP contribution in [0.5, 0.6) is 0 Å². The standard InChI is InChI=1S/C24H38N2O.C4H4O4/c1-27-23-15-18-26(22-13-9-6-10-14-22)24(23)16-19-25(20-17-24)21-11-7-4-2-3-5-8-12-21;5-3(6)1-2-4(7)8/h6,9-10,13-14,21,23H,2-5,7-8,11-12,15-20H2,1H3;1-2H,(H,5,6)(H,7,8)/b;2-1+. The lowest BCUT2D eigenvalue weighted by Crippen LogP contribution is -2.59. The lowest BCUT2D eigenvalue weighted by molar-refractivity contribution is -0.134. The van der Waals surface area contributed by atoms with Crippen LogP contribution < -0.4 is 4.90 Å². The van der Waals surface area contributed by atoms with Crippen LogP contribution in [0.15, 0.2) is 42.5 Å². The van der Waals surface area contributed by atoms with Gasteiger partial charge in [0, 0.05) is 50.6 Å². The van der Waals surface area contributed by atoms with Crippen LogP contribution in [0, 0.1) is 0 Å². The number of rotatable bonds is 5. The van der Waals surface area contributed by atoms with Crippen LogP contribution in [-0.2, 0) is 14.3 Å². The molecule has 3 fully saturated rings. The van der Waals surface area contributed by atoms with Crippen LogP contribution in [0.25, 0.3) is 0 Å². The van der Waals surface area contributed by atoms with Crippen LogP contribution in [0.3, 0.4) is 0 Å². The van der Waals surface area contributed by atoms with Gasteiger partial charge in [-0.2, -0.15) is 0 Å². The topological polar surface area (TPSA) is 90.3 Å². The van der Waals surface area contributed by atoms with Gasteiger partial charge in [0.2, 0.25) is 0 Å². The predicted molar refractivity (Wildman–Crippen MR) is 138 cm³/mol. The molecule has 194 valence electrons. The van der Waals surface area contributed by atoms with Crippen molar-refractivity contribution < 1.29 is 24.5 Å². The van der Waals surface area contributed by atoms with E-state index in [9.17, 15) is 9.59 Å². The van der Waals surface area contributed by atoms with Crippen LogP contribution >= 0.6 is 0 Å². The van der Waals surface area contributed by atoms with E-state index in [1.807, 2.05) is 7.11 Å². The maximum absolute atomic E-state index is 9.55. The number of methoxy groups -OCH3 is 1. The molecule has 1 spiro atoms.